The standard InChI is InChI=1S/C10H17N3OS/c1-6(14)10-13-12-9(15-10)5-7-3-8(4-7)11-2/h6-8,11,14H,3-5H2,1-2H3/t6-,7?,8?/m0/s1. The topological polar surface area (TPSA) is 58.0 Å². The molecule has 1 aromatic heterocycles. The predicted molar refractivity (Wildman–Crippen MR) is 59.8 cm³/mol. The van der Waals surface area contributed by atoms with Crippen LogP contribution in [0.25, 0.3) is 0 Å². The Balaban J connectivity index is 1.84. The summed E-state index contributed by atoms with van der Waals surface area (Å²) in [4.78, 5) is 0. The minimum atomic E-state index is -0.484. The number of rotatable bonds is 4. The van der Waals surface area contributed by atoms with Gasteiger partial charge in [0.25, 0.3) is 0 Å². The van der Waals surface area contributed by atoms with E-state index >= 15 is 0 Å². The zero-order valence-electron chi connectivity index (χ0n) is 9.10. The highest BCUT2D eigenvalue weighted by Gasteiger charge is 2.28. The molecule has 0 aromatic carbocycles. The molecule has 1 aliphatic rings. The SMILES string of the molecule is CNC1CC(Cc2nnc([C@H](C)O)s2)C1. The number of nitrogens with one attached hydrogen (secondary N) is 1. The molecule has 4 nitrogen and oxygen atoms in total. The molecule has 1 atom stereocenters. The van der Waals surface area contributed by atoms with E-state index < -0.39 is 6.10 Å². The van der Waals surface area contributed by atoms with Crippen LogP contribution in [0.1, 0.15) is 35.9 Å². The van der Waals surface area contributed by atoms with Crippen molar-refractivity contribution in [1.29, 1.82) is 0 Å². The molecule has 0 aliphatic heterocycles. The van der Waals surface area contributed by atoms with E-state index in [0.29, 0.717) is 6.04 Å². The molecule has 5 heteroatoms. The molecule has 1 saturated carbocycles. The Kier molecular flexibility index (Phi) is 3.33. The van der Waals surface area contributed by atoms with Crippen molar-refractivity contribution in [3.05, 3.63) is 10.0 Å². The van der Waals surface area contributed by atoms with Crippen LogP contribution in [-0.4, -0.2) is 28.4 Å². The Morgan fingerprint density at radius 3 is 2.80 bits per heavy atom. The van der Waals surface area contributed by atoms with Gasteiger partial charge in [-0.25, -0.2) is 0 Å². The van der Waals surface area contributed by atoms with Gasteiger partial charge in [0.05, 0.1) is 0 Å². The summed E-state index contributed by atoms with van der Waals surface area (Å²) in [5, 5.41) is 22.4. The molecule has 1 heterocycles. The maximum atomic E-state index is 9.32. The van der Waals surface area contributed by atoms with Crippen LogP contribution in [0.2, 0.25) is 0 Å². The Bertz CT molecular complexity index is 320. The minimum Gasteiger partial charge on any atom is -0.386 e. The van der Waals surface area contributed by atoms with Crippen molar-refractivity contribution < 1.29 is 5.11 Å². The molecule has 1 aliphatic carbocycles. The summed E-state index contributed by atoms with van der Waals surface area (Å²) in [6.45, 7) is 1.73. The van der Waals surface area contributed by atoms with E-state index in [1.165, 1.54) is 24.2 Å². The van der Waals surface area contributed by atoms with Crippen LogP contribution < -0.4 is 5.32 Å². The molecule has 1 aromatic rings. The molecular weight excluding hydrogens is 210 g/mol. The summed E-state index contributed by atoms with van der Waals surface area (Å²) in [6.07, 6.45) is 3.01. The van der Waals surface area contributed by atoms with E-state index in [1.807, 2.05) is 7.05 Å². The van der Waals surface area contributed by atoms with E-state index in [4.69, 9.17) is 0 Å². The number of nitrogens with zero attached hydrogens (tertiary/aromatic N) is 2. The lowest BCUT2D eigenvalue weighted by Crippen LogP contribution is -2.39. The van der Waals surface area contributed by atoms with Crippen molar-refractivity contribution in [3.63, 3.8) is 0 Å². The lowest BCUT2D eigenvalue weighted by Gasteiger charge is -2.34. The van der Waals surface area contributed by atoms with E-state index in [1.54, 1.807) is 6.92 Å². The van der Waals surface area contributed by atoms with Gasteiger partial charge in [-0.15, -0.1) is 10.2 Å². The van der Waals surface area contributed by atoms with Crippen molar-refractivity contribution >= 4 is 11.3 Å². The van der Waals surface area contributed by atoms with Crippen molar-refractivity contribution in [2.24, 2.45) is 5.92 Å². The van der Waals surface area contributed by atoms with Gasteiger partial charge >= 0.3 is 0 Å². The number of aromatic nitrogens is 2. The first-order valence-electron chi connectivity index (χ1n) is 5.36. The molecule has 0 spiro atoms. The highest BCUT2D eigenvalue weighted by atomic mass is 32.1. The summed E-state index contributed by atoms with van der Waals surface area (Å²) in [7, 11) is 2.01. The summed E-state index contributed by atoms with van der Waals surface area (Å²) in [6, 6.07) is 0.694. The van der Waals surface area contributed by atoms with Crippen LogP contribution >= 0.6 is 11.3 Å². The summed E-state index contributed by atoms with van der Waals surface area (Å²) >= 11 is 1.53. The summed E-state index contributed by atoms with van der Waals surface area (Å²) in [5.41, 5.74) is 0. The van der Waals surface area contributed by atoms with Crippen molar-refractivity contribution in [2.75, 3.05) is 7.05 Å². The zero-order chi connectivity index (χ0) is 10.8. The van der Waals surface area contributed by atoms with Crippen molar-refractivity contribution in [2.45, 2.75) is 38.3 Å². The molecule has 1 fully saturated rings. The average Bonchev–Trinajstić information content (AvgIpc) is 2.58. The predicted octanol–water partition coefficient (Wildman–Crippen LogP) is 1.13. The second-order valence-electron chi connectivity index (χ2n) is 4.24. The first-order chi connectivity index (χ1) is 7.19. The van der Waals surface area contributed by atoms with Crippen LogP contribution in [0.5, 0.6) is 0 Å². The number of hydrogen-bond acceptors (Lipinski definition) is 5. The van der Waals surface area contributed by atoms with Gasteiger partial charge in [-0.2, -0.15) is 0 Å². The fourth-order valence-electron chi connectivity index (χ4n) is 1.90. The number of aliphatic hydroxyl groups excluding tert-OH is 1. The van der Waals surface area contributed by atoms with Gasteiger partial charge in [0.2, 0.25) is 0 Å². The largest absolute Gasteiger partial charge is 0.386 e. The molecule has 2 N–H and O–H groups in total. The molecule has 0 unspecified atom stereocenters. The number of hydrogen-bond donors (Lipinski definition) is 2. The van der Waals surface area contributed by atoms with Crippen LogP contribution in [0.4, 0.5) is 0 Å². The van der Waals surface area contributed by atoms with Gasteiger partial charge in [0, 0.05) is 12.5 Å². The van der Waals surface area contributed by atoms with E-state index in [9.17, 15) is 5.11 Å². The smallest absolute Gasteiger partial charge is 0.145 e. The quantitative estimate of drug-likeness (QED) is 0.809. The zero-order valence-corrected chi connectivity index (χ0v) is 9.92. The summed E-state index contributed by atoms with van der Waals surface area (Å²) < 4.78 is 0. The third-order valence-electron chi connectivity index (χ3n) is 2.95. The van der Waals surface area contributed by atoms with Crippen LogP contribution in [0.15, 0.2) is 0 Å². The van der Waals surface area contributed by atoms with Gasteiger partial charge in [-0.05, 0) is 32.7 Å². The third-order valence-corrected chi connectivity index (χ3v) is 4.06. The number of aliphatic hydroxyl groups is 1. The van der Waals surface area contributed by atoms with Crippen molar-refractivity contribution in [1.82, 2.24) is 15.5 Å². The molecular formula is C10H17N3OS. The van der Waals surface area contributed by atoms with E-state index in [2.05, 4.69) is 15.5 Å². The van der Waals surface area contributed by atoms with Gasteiger partial charge in [0.1, 0.15) is 16.1 Å². The Labute approximate surface area is 93.7 Å². The maximum absolute atomic E-state index is 9.32. The first-order valence-corrected chi connectivity index (χ1v) is 6.18. The normalized spacial score (nSPS) is 27.4. The Hall–Kier alpha value is -0.520. The van der Waals surface area contributed by atoms with E-state index in [-0.39, 0.29) is 0 Å². The van der Waals surface area contributed by atoms with Gasteiger partial charge in [0.15, 0.2) is 0 Å². The molecule has 2 rings (SSSR count). The van der Waals surface area contributed by atoms with E-state index in [0.717, 1.165) is 22.4 Å². The maximum Gasteiger partial charge on any atom is 0.145 e. The molecule has 0 radical (unpaired) electrons. The molecule has 0 bridgehead atoms. The fourth-order valence-corrected chi connectivity index (χ4v) is 2.80. The van der Waals surface area contributed by atoms with Gasteiger partial charge in [-0.3, -0.25) is 0 Å². The summed E-state index contributed by atoms with van der Waals surface area (Å²) in [5.74, 6) is 0.747. The monoisotopic (exact) mass is 227 g/mol. The second-order valence-corrected chi connectivity index (χ2v) is 5.33. The lowest BCUT2D eigenvalue weighted by molar-refractivity contribution is 0.198. The van der Waals surface area contributed by atoms with Gasteiger partial charge in [-0.1, -0.05) is 11.3 Å². The Morgan fingerprint density at radius 1 is 1.53 bits per heavy atom. The molecule has 0 saturated heterocycles. The van der Waals surface area contributed by atoms with Crippen LogP contribution in [0.3, 0.4) is 0 Å². The van der Waals surface area contributed by atoms with Crippen LogP contribution in [0, 0.1) is 5.92 Å². The molecule has 15 heavy (non-hydrogen) atoms. The lowest BCUT2D eigenvalue weighted by atomic mass is 9.78. The average molecular weight is 227 g/mol. The minimum absolute atomic E-state index is 0.484. The Morgan fingerprint density at radius 2 is 2.27 bits per heavy atom. The second kappa shape index (κ2) is 4.55. The highest BCUT2D eigenvalue weighted by molar-refractivity contribution is 7.11. The molecule has 84 valence electrons. The van der Waals surface area contributed by atoms with Gasteiger partial charge < -0.3 is 10.4 Å². The first kappa shape index (κ1) is 11.0. The third kappa shape index (κ3) is 2.53. The van der Waals surface area contributed by atoms with Crippen LogP contribution in [-0.2, 0) is 6.42 Å². The highest BCUT2D eigenvalue weighted by Crippen LogP contribution is 2.31. The van der Waals surface area contributed by atoms with Crippen molar-refractivity contribution in [3.8, 4) is 0 Å². The molecule has 0 amide bonds. The fraction of sp³-hybridized carbons (Fsp3) is 0.800.